The highest BCUT2D eigenvalue weighted by Gasteiger charge is 2.08. The maximum absolute atomic E-state index is 11.3. The number of anilines is 4. The molecule has 30 heavy (non-hydrogen) atoms. The first-order chi connectivity index (χ1) is 14.6. The van der Waals surface area contributed by atoms with Crippen molar-refractivity contribution >= 4 is 34.2 Å². The second kappa shape index (κ2) is 7.21. The van der Waals surface area contributed by atoms with Gasteiger partial charge in [-0.3, -0.25) is 4.98 Å². The third kappa shape index (κ3) is 3.51. The Labute approximate surface area is 169 Å². The summed E-state index contributed by atoms with van der Waals surface area (Å²) >= 11 is 0. The summed E-state index contributed by atoms with van der Waals surface area (Å²) in [6, 6.07) is 13.0. The van der Waals surface area contributed by atoms with E-state index in [-0.39, 0.29) is 0 Å². The molecule has 3 aromatic heterocycles. The standard InChI is InChI=1S/C21H16N6O3/c1-12-9-23-20(25-14-4-2-3-13(7-14)18-10-22-11-29-18)27-19(12)24-15-5-6-17-16(8-15)26-21(28)30-17/h2-11H,1H3,(H,26,28)(H2,23,24,25,27). The number of nitrogens with one attached hydrogen (secondary N) is 3. The molecule has 0 aliphatic heterocycles. The molecule has 0 bridgehead atoms. The summed E-state index contributed by atoms with van der Waals surface area (Å²) in [6.07, 6.45) is 4.79. The van der Waals surface area contributed by atoms with Crippen molar-refractivity contribution in [2.75, 3.05) is 10.6 Å². The monoisotopic (exact) mass is 400 g/mol. The number of aromatic amines is 1. The van der Waals surface area contributed by atoms with Crippen LogP contribution in [0.2, 0.25) is 0 Å². The second-order valence-electron chi connectivity index (χ2n) is 6.65. The Morgan fingerprint density at radius 3 is 2.80 bits per heavy atom. The third-order valence-corrected chi connectivity index (χ3v) is 4.49. The van der Waals surface area contributed by atoms with E-state index in [2.05, 4.69) is 30.6 Å². The van der Waals surface area contributed by atoms with Crippen LogP contribution in [0.25, 0.3) is 22.4 Å². The SMILES string of the molecule is Cc1cnc(Nc2cccc(-c3cnco3)c2)nc1Nc1ccc2oc(=O)[nH]c2c1. The van der Waals surface area contributed by atoms with E-state index in [0.717, 1.165) is 22.5 Å². The number of aromatic nitrogens is 4. The van der Waals surface area contributed by atoms with Crippen LogP contribution in [0.1, 0.15) is 5.56 Å². The largest absolute Gasteiger partial charge is 0.444 e. The van der Waals surface area contributed by atoms with E-state index in [1.54, 1.807) is 24.5 Å². The molecule has 148 valence electrons. The van der Waals surface area contributed by atoms with Gasteiger partial charge in [-0.05, 0) is 37.3 Å². The molecule has 0 unspecified atom stereocenters. The first-order valence-corrected chi connectivity index (χ1v) is 9.13. The molecule has 0 radical (unpaired) electrons. The minimum absolute atomic E-state index is 0.440. The number of H-pyrrole nitrogens is 1. The lowest BCUT2D eigenvalue weighted by molar-refractivity contribution is 0.555. The van der Waals surface area contributed by atoms with Crippen LogP contribution < -0.4 is 16.4 Å². The Morgan fingerprint density at radius 2 is 1.93 bits per heavy atom. The maximum atomic E-state index is 11.3. The van der Waals surface area contributed by atoms with E-state index in [4.69, 9.17) is 8.83 Å². The highest BCUT2D eigenvalue weighted by molar-refractivity contribution is 5.78. The van der Waals surface area contributed by atoms with Crippen LogP contribution >= 0.6 is 0 Å². The molecule has 5 rings (SSSR count). The summed E-state index contributed by atoms with van der Waals surface area (Å²) in [5.41, 5.74) is 4.45. The average molecular weight is 400 g/mol. The molecule has 3 N–H and O–H groups in total. The zero-order valence-corrected chi connectivity index (χ0v) is 15.8. The van der Waals surface area contributed by atoms with Crippen molar-refractivity contribution in [1.29, 1.82) is 0 Å². The molecule has 0 atom stereocenters. The summed E-state index contributed by atoms with van der Waals surface area (Å²) in [6.45, 7) is 1.91. The predicted octanol–water partition coefficient (Wildman–Crippen LogP) is 4.36. The summed E-state index contributed by atoms with van der Waals surface area (Å²) in [5, 5.41) is 6.46. The normalized spacial score (nSPS) is 11.0. The quantitative estimate of drug-likeness (QED) is 0.398. The predicted molar refractivity (Wildman–Crippen MR) is 112 cm³/mol. The fourth-order valence-electron chi connectivity index (χ4n) is 3.03. The first-order valence-electron chi connectivity index (χ1n) is 9.13. The smallest absolute Gasteiger partial charge is 0.417 e. The molecule has 0 aliphatic rings. The van der Waals surface area contributed by atoms with Gasteiger partial charge < -0.3 is 19.5 Å². The van der Waals surface area contributed by atoms with Gasteiger partial charge in [-0.1, -0.05) is 12.1 Å². The first kappa shape index (κ1) is 17.7. The Bertz CT molecular complexity index is 1390. The Morgan fingerprint density at radius 1 is 1.03 bits per heavy atom. The number of hydrogen-bond acceptors (Lipinski definition) is 8. The zero-order valence-electron chi connectivity index (χ0n) is 15.8. The molecular weight excluding hydrogens is 384 g/mol. The van der Waals surface area contributed by atoms with Crippen LogP contribution in [-0.2, 0) is 0 Å². The summed E-state index contributed by atoms with van der Waals surface area (Å²) < 4.78 is 10.4. The third-order valence-electron chi connectivity index (χ3n) is 4.49. The van der Waals surface area contributed by atoms with E-state index in [1.165, 1.54) is 6.39 Å². The van der Waals surface area contributed by atoms with Crippen molar-refractivity contribution in [3.05, 3.63) is 77.4 Å². The van der Waals surface area contributed by atoms with Crippen molar-refractivity contribution in [2.45, 2.75) is 6.92 Å². The van der Waals surface area contributed by atoms with E-state index in [0.29, 0.717) is 28.6 Å². The molecule has 0 fully saturated rings. The molecule has 9 heteroatoms. The van der Waals surface area contributed by atoms with Gasteiger partial charge >= 0.3 is 5.76 Å². The van der Waals surface area contributed by atoms with Crippen molar-refractivity contribution in [3.8, 4) is 11.3 Å². The Hall–Kier alpha value is -4.40. The van der Waals surface area contributed by atoms with Crippen LogP contribution in [0.4, 0.5) is 23.1 Å². The zero-order chi connectivity index (χ0) is 20.5. The summed E-state index contributed by atoms with van der Waals surface area (Å²) in [7, 11) is 0. The number of benzene rings is 2. The average Bonchev–Trinajstić information content (AvgIpc) is 3.39. The maximum Gasteiger partial charge on any atom is 0.417 e. The van der Waals surface area contributed by atoms with Gasteiger partial charge in [-0.15, -0.1) is 0 Å². The van der Waals surface area contributed by atoms with Crippen LogP contribution in [0.3, 0.4) is 0 Å². The number of oxazole rings is 2. The molecule has 0 amide bonds. The van der Waals surface area contributed by atoms with Crippen molar-refractivity contribution in [1.82, 2.24) is 19.9 Å². The second-order valence-corrected chi connectivity index (χ2v) is 6.65. The lowest BCUT2D eigenvalue weighted by atomic mass is 10.1. The highest BCUT2D eigenvalue weighted by atomic mass is 16.4. The van der Waals surface area contributed by atoms with Crippen LogP contribution in [0, 0.1) is 6.92 Å². The van der Waals surface area contributed by atoms with Gasteiger partial charge in [-0.2, -0.15) is 4.98 Å². The van der Waals surface area contributed by atoms with Gasteiger partial charge in [-0.25, -0.2) is 14.8 Å². The molecule has 0 saturated carbocycles. The highest BCUT2D eigenvalue weighted by Crippen LogP contribution is 2.25. The molecule has 0 spiro atoms. The number of rotatable bonds is 5. The fourth-order valence-corrected chi connectivity index (χ4v) is 3.03. The lowest BCUT2D eigenvalue weighted by Gasteiger charge is -2.11. The van der Waals surface area contributed by atoms with Crippen LogP contribution in [0.15, 0.2) is 74.9 Å². The van der Waals surface area contributed by atoms with E-state index in [1.807, 2.05) is 37.3 Å². The van der Waals surface area contributed by atoms with E-state index >= 15 is 0 Å². The van der Waals surface area contributed by atoms with Gasteiger partial charge in [0.2, 0.25) is 5.95 Å². The fraction of sp³-hybridized carbons (Fsp3) is 0.0476. The van der Waals surface area contributed by atoms with Crippen LogP contribution in [0.5, 0.6) is 0 Å². The minimum atomic E-state index is -0.487. The van der Waals surface area contributed by atoms with E-state index < -0.39 is 5.76 Å². The van der Waals surface area contributed by atoms with Gasteiger partial charge in [0.1, 0.15) is 5.82 Å². The molecule has 5 aromatic rings. The lowest BCUT2D eigenvalue weighted by Crippen LogP contribution is -2.03. The van der Waals surface area contributed by atoms with Gasteiger partial charge in [0.05, 0.1) is 11.7 Å². The molecule has 0 aliphatic carbocycles. The number of fused-ring (bicyclic) bond motifs is 1. The van der Waals surface area contributed by atoms with Crippen molar-refractivity contribution < 1.29 is 8.83 Å². The molecular formula is C21H16N6O3. The minimum Gasteiger partial charge on any atom is -0.444 e. The Balaban J connectivity index is 1.40. The van der Waals surface area contributed by atoms with Crippen LogP contribution in [-0.4, -0.2) is 19.9 Å². The number of hydrogen-bond donors (Lipinski definition) is 3. The molecule has 2 aromatic carbocycles. The molecule has 0 saturated heterocycles. The Kier molecular flexibility index (Phi) is 4.25. The number of aryl methyl sites for hydroxylation is 1. The van der Waals surface area contributed by atoms with Crippen molar-refractivity contribution in [2.24, 2.45) is 0 Å². The van der Waals surface area contributed by atoms with E-state index in [9.17, 15) is 4.79 Å². The van der Waals surface area contributed by atoms with Crippen molar-refractivity contribution in [3.63, 3.8) is 0 Å². The van der Waals surface area contributed by atoms with Gasteiger partial charge in [0.25, 0.3) is 0 Å². The van der Waals surface area contributed by atoms with Gasteiger partial charge in [0, 0.05) is 28.7 Å². The molecule has 9 nitrogen and oxygen atoms in total. The summed E-state index contributed by atoms with van der Waals surface area (Å²) in [4.78, 5) is 26.9. The summed E-state index contributed by atoms with van der Waals surface area (Å²) in [5.74, 6) is 1.28. The topological polar surface area (TPSA) is 122 Å². The molecule has 3 heterocycles. The number of nitrogens with zero attached hydrogens (tertiary/aromatic N) is 3. The van der Waals surface area contributed by atoms with Gasteiger partial charge in [0.15, 0.2) is 17.7 Å².